The first kappa shape index (κ1) is 18.7. The number of hydrogen-bond donors (Lipinski definition) is 1. The molecular weight excluding hydrogens is 409 g/mol. The molecule has 0 aliphatic rings. The summed E-state index contributed by atoms with van der Waals surface area (Å²) in [5.74, 6) is 0. The second-order valence-corrected chi connectivity index (χ2v) is 8.09. The minimum absolute atomic E-state index is 0.0353. The largest absolute Gasteiger partial charge is 0.417 e. The van der Waals surface area contributed by atoms with Crippen LogP contribution in [-0.2, 0) is 16.2 Å². The topological polar surface area (TPSA) is 59.1 Å². The number of nitrogens with one attached hydrogen (secondary N) is 1. The van der Waals surface area contributed by atoms with Crippen molar-refractivity contribution >= 4 is 38.1 Å². The molecule has 3 rings (SSSR count). The third kappa shape index (κ3) is 4.00. The van der Waals surface area contributed by atoms with Crippen LogP contribution in [0.5, 0.6) is 0 Å². The molecule has 0 aliphatic heterocycles. The zero-order valence-electron chi connectivity index (χ0n) is 12.8. The normalized spacial score (nSPS) is 12.2. The predicted molar refractivity (Wildman–Crippen MR) is 94.8 cm³/mol. The van der Waals surface area contributed by atoms with Gasteiger partial charge in [0, 0.05) is 16.0 Å². The third-order valence-electron chi connectivity index (χ3n) is 3.35. The van der Waals surface area contributed by atoms with Gasteiger partial charge in [-0.05, 0) is 24.3 Å². The SMILES string of the molecule is O=S(=O)(Nc1nc(-c2ccc(Cl)cc2)cs1)c1ccccc1C(F)(F)F. The van der Waals surface area contributed by atoms with Gasteiger partial charge in [-0.2, -0.15) is 13.2 Å². The molecular formula is C16H10ClF3N2O2S2. The number of hydrogen-bond acceptors (Lipinski definition) is 4. The van der Waals surface area contributed by atoms with Gasteiger partial charge in [0.2, 0.25) is 0 Å². The smallest absolute Gasteiger partial charge is 0.255 e. The van der Waals surface area contributed by atoms with Crippen LogP contribution in [0.25, 0.3) is 11.3 Å². The fourth-order valence-corrected chi connectivity index (χ4v) is 4.51. The standard InChI is InChI=1S/C16H10ClF3N2O2S2/c17-11-7-5-10(6-8-11)13-9-25-15(21-13)22-26(23,24)14-4-2-1-3-12(14)16(18,19)20/h1-9H,(H,21,22). The number of benzene rings is 2. The fraction of sp³-hybridized carbons (Fsp3) is 0.0625. The van der Waals surface area contributed by atoms with Crippen LogP contribution in [0, 0.1) is 0 Å². The van der Waals surface area contributed by atoms with E-state index in [9.17, 15) is 21.6 Å². The summed E-state index contributed by atoms with van der Waals surface area (Å²) in [4.78, 5) is 3.27. The van der Waals surface area contributed by atoms with Crippen molar-refractivity contribution in [3.05, 3.63) is 64.5 Å². The van der Waals surface area contributed by atoms with E-state index >= 15 is 0 Å². The number of aromatic nitrogens is 1. The van der Waals surface area contributed by atoms with E-state index in [2.05, 4.69) is 9.71 Å². The monoisotopic (exact) mass is 418 g/mol. The van der Waals surface area contributed by atoms with Crippen molar-refractivity contribution in [1.29, 1.82) is 0 Å². The summed E-state index contributed by atoms with van der Waals surface area (Å²) >= 11 is 6.78. The minimum atomic E-state index is -4.79. The van der Waals surface area contributed by atoms with Crippen molar-refractivity contribution in [1.82, 2.24) is 4.98 Å². The van der Waals surface area contributed by atoms with Crippen LogP contribution in [0.15, 0.2) is 58.8 Å². The summed E-state index contributed by atoms with van der Waals surface area (Å²) in [5.41, 5.74) is -0.0535. The van der Waals surface area contributed by atoms with Crippen molar-refractivity contribution in [2.45, 2.75) is 11.1 Å². The van der Waals surface area contributed by atoms with E-state index in [4.69, 9.17) is 11.6 Å². The van der Waals surface area contributed by atoms with Gasteiger partial charge in [0.25, 0.3) is 10.0 Å². The molecule has 1 heterocycles. The van der Waals surface area contributed by atoms with Crippen LogP contribution in [0.4, 0.5) is 18.3 Å². The minimum Gasteiger partial charge on any atom is -0.255 e. The summed E-state index contributed by atoms with van der Waals surface area (Å²) in [6.07, 6.45) is -4.79. The molecule has 26 heavy (non-hydrogen) atoms. The second-order valence-electron chi connectivity index (χ2n) is 5.14. The molecule has 0 aliphatic carbocycles. The highest BCUT2D eigenvalue weighted by Crippen LogP contribution is 2.35. The highest BCUT2D eigenvalue weighted by molar-refractivity contribution is 7.93. The number of thiazole rings is 1. The Morgan fingerprint density at radius 2 is 1.69 bits per heavy atom. The quantitative estimate of drug-likeness (QED) is 0.626. The van der Waals surface area contributed by atoms with E-state index < -0.39 is 26.7 Å². The molecule has 0 saturated heterocycles. The summed E-state index contributed by atoms with van der Waals surface area (Å²) in [6, 6.07) is 10.7. The van der Waals surface area contributed by atoms with Crippen molar-refractivity contribution in [3.63, 3.8) is 0 Å². The summed E-state index contributed by atoms with van der Waals surface area (Å²) in [5, 5.41) is 2.09. The predicted octanol–water partition coefficient (Wildman–Crippen LogP) is 5.28. The molecule has 0 atom stereocenters. The summed E-state index contributed by atoms with van der Waals surface area (Å²) < 4.78 is 66.1. The fourth-order valence-electron chi connectivity index (χ4n) is 2.18. The lowest BCUT2D eigenvalue weighted by molar-refractivity contribution is -0.139. The maximum Gasteiger partial charge on any atom is 0.417 e. The first-order valence-electron chi connectivity index (χ1n) is 7.07. The van der Waals surface area contributed by atoms with Crippen LogP contribution in [0.2, 0.25) is 5.02 Å². The Bertz CT molecular complexity index is 1030. The Morgan fingerprint density at radius 3 is 2.35 bits per heavy atom. The summed E-state index contributed by atoms with van der Waals surface area (Å²) in [7, 11) is -4.45. The molecule has 3 aromatic rings. The van der Waals surface area contributed by atoms with E-state index in [1.54, 1.807) is 29.6 Å². The lowest BCUT2D eigenvalue weighted by atomic mass is 10.2. The number of nitrogens with zero attached hydrogens (tertiary/aromatic N) is 1. The molecule has 0 unspecified atom stereocenters. The maximum atomic E-state index is 13.1. The van der Waals surface area contributed by atoms with Gasteiger partial charge in [0.1, 0.15) is 0 Å². The van der Waals surface area contributed by atoms with Crippen molar-refractivity contribution in [2.75, 3.05) is 4.72 Å². The van der Waals surface area contributed by atoms with Gasteiger partial charge in [-0.3, -0.25) is 4.72 Å². The number of rotatable bonds is 4. The van der Waals surface area contributed by atoms with Crippen molar-refractivity contribution in [2.24, 2.45) is 0 Å². The Labute approximate surface area is 156 Å². The summed E-state index contributed by atoms with van der Waals surface area (Å²) in [6.45, 7) is 0. The van der Waals surface area contributed by atoms with E-state index in [0.717, 1.165) is 29.5 Å². The lowest BCUT2D eigenvalue weighted by Crippen LogP contribution is -2.18. The highest BCUT2D eigenvalue weighted by Gasteiger charge is 2.37. The molecule has 0 amide bonds. The van der Waals surface area contributed by atoms with Gasteiger partial charge >= 0.3 is 6.18 Å². The molecule has 1 aromatic heterocycles. The molecule has 0 bridgehead atoms. The number of sulfonamides is 1. The van der Waals surface area contributed by atoms with E-state index in [0.29, 0.717) is 16.3 Å². The molecule has 0 saturated carbocycles. The maximum absolute atomic E-state index is 13.1. The van der Waals surface area contributed by atoms with Crippen LogP contribution >= 0.6 is 22.9 Å². The van der Waals surface area contributed by atoms with E-state index in [1.807, 2.05) is 0 Å². The molecule has 0 spiro atoms. The molecule has 2 aromatic carbocycles. The second kappa shape index (κ2) is 6.90. The molecule has 136 valence electrons. The van der Waals surface area contributed by atoms with E-state index in [-0.39, 0.29) is 5.13 Å². The zero-order chi connectivity index (χ0) is 18.9. The Kier molecular flexibility index (Phi) is 4.96. The van der Waals surface area contributed by atoms with Gasteiger partial charge in [-0.1, -0.05) is 35.9 Å². The zero-order valence-corrected chi connectivity index (χ0v) is 15.2. The van der Waals surface area contributed by atoms with Crippen molar-refractivity contribution in [3.8, 4) is 11.3 Å². The van der Waals surface area contributed by atoms with Gasteiger partial charge in [0.15, 0.2) is 5.13 Å². The number of alkyl halides is 3. The molecule has 0 fully saturated rings. The van der Waals surface area contributed by atoms with Crippen LogP contribution in [-0.4, -0.2) is 13.4 Å². The Hall–Kier alpha value is -2.10. The average Bonchev–Trinajstić information content (AvgIpc) is 3.02. The van der Waals surface area contributed by atoms with Crippen LogP contribution in [0.1, 0.15) is 5.56 Å². The van der Waals surface area contributed by atoms with Gasteiger partial charge in [0.05, 0.1) is 16.2 Å². The first-order valence-corrected chi connectivity index (χ1v) is 9.81. The van der Waals surface area contributed by atoms with Crippen LogP contribution < -0.4 is 4.72 Å². The Balaban J connectivity index is 1.91. The molecule has 4 nitrogen and oxygen atoms in total. The van der Waals surface area contributed by atoms with Gasteiger partial charge in [-0.15, -0.1) is 11.3 Å². The molecule has 1 N–H and O–H groups in total. The van der Waals surface area contributed by atoms with Crippen molar-refractivity contribution < 1.29 is 21.6 Å². The van der Waals surface area contributed by atoms with Crippen LogP contribution in [0.3, 0.4) is 0 Å². The average molecular weight is 419 g/mol. The first-order chi connectivity index (χ1) is 12.2. The van der Waals surface area contributed by atoms with Gasteiger partial charge < -0.3 is 0 Å². The Morgan fingerprint density at radius 1 is 1.04 bits per heavy atom. The lowest BCUT2D eigenvalue weighted by Gasteiger charge is -2.13. The molecule has 0 radical (unpaired) electrons. The highest BCUT2D eigenvalue weighted by atomic mass is 35.5. The number of anilines is 1. The van der Waals surface area contributed by atoms with Gasteiger partial charge in [-0.25, -0.2) is 13.4 Å². The number of halogens is 4. The molecule has 10 heteroatoms. The third-order valence-corrected chi connectivity index (χ3v) is 5.88. The van der Waals surface area contributed by atoms with E-state index in [1.165, 1.54) is 6.07 Å².